The summed E-state index contributed by atoms with van der Waals surface area (Å²) in [6, 6.07) is 10.7. The Hall–Kier alpha value is -3.01. The van der Waals surface area contributed by atoms with Crippen LogP contribution in [0, 0.1) is 11.7 Å². The van der Waals surface area contributed by atoms with Crippen molar-refractivity contribution in [2.24, 2.45) is 11.7 Å². The molecule has 2 aliphatic heterocycles. The lowest BCUT2D eigenvalue weighted by molar-refractivity contribution is -0.124. The van der Waals surface area contributed by atoms with Crippen LogP contribution in [0.4, 0.5) is 8.78 Å². The third-order valence-corrected chi connectivity index (χ3v) is 7.35. The van der Waals surface area contributed by atoms with Crippen LogP contribution in [-0.4, -0.2) is 34.2 Å². The van der Waals surface area contributed by atoms with Gasteiger partial charge in [-0.25, -0.2) is 13.8 Å². The van der Waals surface area contributed by atoms with Crippen molar-refractivity contribution in [1.82, 2.24) is 14.9 Å². The predicted octanol–water partition coefficient (Wildman–Crippen LogP) is 3.13. The number of hydrogen-bond acceptors (Lipinski definition) is 5. The van der Waals surface area contributed by atoms with Crippen molar-refractivity contribution in [3.63, 3.8) is 0 Å². The zero-order valence-corrected chi connectivity index (χ0v) is 19.7. The molecule has 0 aliphatic carbocycles. The van der Waals surface area contributed by atoms with Crippen molar-refractivity contribution in [2.75, 3.05) is 13.6 Å². The first-order valence-electron chi connectivity index (χ1n) is 11.3. The van der Waals surface area contributed by atoms with E-state index in [2.05, 4.69) is 10.3 Å². The van der Waals surface area contributed by atoms with Crippen molar-refractivity contribution < 1.29 is 23.4 Å². The Balaban J connectivity index is 1.68. The summed E-state index contributed by atoms with van der Waals surface area (Å²) in [7, 11) is 1.78. The van der Waals surface area contributed by atoms with Crippen LogP contribution in [0.2, 0.25) is 5.02 Å². The number of fused-ring (bicyclic) bond motifs is 2. The highest BCUT2D eigenvalue weighted by atomic mass is 35.5. The van der Waals surface area contributed by atoms with Crippen LogP contribution in [-0.2, 0) is 30.0 Å². The molecule has 0 radical (unpaired) electrons. The maximum absolute atomic E-state index is 16.1. The van der Waals surface area contributed by atoms with Crippen molar-refractivity contribution in [3.05, 3.63) is 81.6 Å². The molecule has 3 unspecified atom stereocenters. The van der Waals surface area contributed by atoms with Crippen molar-refractivity contribution in [3.8, 4) is 5.75 Å². The molecule has 2 aliphatic rings. The number of benzene rings is 2. The highest BCUT2D eigenvalue weighted by Gasteiger charge is 2.49. The average molecular weight is 503 g/mol. The summed E-state index contributed by atoms with van der Waals surface area (Å²) < 4.78 is 39.1. The summed E-state index contributed by atoms with van der Waals surface area (Å²) in [6.45, 7) is 0.0510. The molecule has 4 atom stereocenters. The summed E-state index contributed by atoms with van der Waals surface area (Å²) in [4.78, 5) is 16.7. The molecule has 184 valence electrons. The van der Waals surface area contributed by atoms with Gasteiger partial charge in [0.05, 0.1) is 23.2 Å². The van der Waals surface area contributed by atoms with Gasteiger partial charge < -0.3 is 25.5 Å². The monoisotopic (exact) mass is 502 g/mol. The van der Waals surface area contributed by atoms with Crippen molar-refractivity contribution in [2.45, 2.75) is 37.3 Å². The number of nitrogens with zero attached hydrogens (tertiary/aromatic N) is 2. The number of nitrogens with two attached hydrogens (primary N) is 1. The SMILES string of the molecule is CNC[C@@]1(c2ccccc2)Cc2c(cc(F)c(Cl)c2C2C(C(N)=O)Cn3cc(CO)nc3C2F)O1. The second-order valence-corrected chi connectivity index (χ2v) is 9.45. The Kier molecular flexibility index (Phi) is 6.03. The lowest BCUT2D eigenvalue weighted by Gasteiger charge is -2.34. The van der Waals surface area contributed by atoms with E-state index in [9.17, 15) is 9.90 Å². The molecular weight excluding hydrogens is 478 g/mol. The lowest BCUT2D eigenvalue weighted by Crippen LogP contribution is -2.41. The Morgan fingerprint density at radius 2 is 2.14 bits per heavy atom. The highest BCUT2D eigenvalue weighted by molar-refractivity contribution is 6.31. The Morgan fingerprint density at radius 1 is 1.40 bits per heavy atom. The number of aliphatic hydroxyl groups excluding tert-OH is 1. The molecule has 2 aromatic carbocycles. The minimum Gasteiger partial charge on any atom is -0.480 e. The van der Waals surface area contributed by atoms with Crippen LogP contribution < -0.4 is 15.8 Å². The van der Waals surface area contributed by atoms with Gasteiger partial charge in [0.1, 0.15) is 17.4 Å². The number of nitrogens with one attached hydrogen (secondary N) is 1. The van der Waals surface area contributed by atoms with Crippen LogP contribution in [0.15, 0.2) is 42.6 Å². The first kappa shape index (κ1) is 23.7. The fourth-order valence-electron chi connectivity index (χ4n) is 5.43. The predicted molar refractivity (Wildman–Crippen MR) is 125 cm³/mol. The van der Waals surface area contributed by atoms with E-state index < -0.39 is 35.3 Å². The van der Waals surface area contributed by atoms with Crippen molar-refractivity contribution in [1.29, 1.82) is 0 Å². The zero-order chi connectivity index (χ0) is 24.9. The van der Waals surface area contributed by atoms with Gasteiger partial charge in [-0.2, -0.15) is 0 Å². The van der Waals surface area contributed by atoms with E-state index in [4.69, 9.17) is 22.1 Å². The smallest absolute Gasteiger partial charge is 0.223 e. The van der Waals surface area contributed by atoms with E-state index >= 15 is 8.78 Å². The molecule has 3 aromatic rings. The number of aromatic nitrogens is 2. The molecule has 10 heteroatoms. The number of aliphatic hydroxyl groups is 1. The number of hydrogen-bond donors (Lipinski definition) is 3. The number of alkyl halides is 1. The third kappa shape index (κ3) is 3.78. The second kappa shape index (κ2) is 8.89. The van der Waals surface area contributed by atoms with Gasteiger partial charge in [-0.1, -0.05) is 41.9 Å². The van der Waals surface area contributed by atoms with Gasteiger partial charge in [0.25, 0.3) is 0 Å². The highest BCUT2D eigenvalue weighted by Crippen LogP contribution is 2.53. The maximum Gasteiger partial charge on any atom is 0.223 e. The van der Waals surface area contributed by atoms with E-state index in [1.807, 2.05) is 30.3 Å². The first-order chi connectivity index (χ1) is 16.8. The molecule has 0 saturated heterocycles. The number of likely N-dealkylation sites (N-methyl/N-ethyl adjacent to an activating group) is 1. The van der Waals surface area contributed by atoms with Crippen molar-refractivity contribution >= 4 is 17.5 Å². The van der Waals surface area contributed by atoms with Gasteiger partial charge in [-0.05, 0) is 18.2 Å². The van der Waals surface area contributed by atoms with E-state index in [1.165, 1.54) is 16.8 Å². The summed E-state index contributed by atoms with van der Waals surface area (Å²) in [6.07, 6.45) is -0.0311. The fourth-order valence-corrected chi connectivity index (χ4v) is 5.73. The van der Waals surface area contributed by atoms with Crippen LogP contribution in [0.25, 0.3) is 0 Å². The summed E-state index contributed by atoms with van der Waals surface area (Å²) in [5.74, 6) is -3.40. The molecule has 4 N–H and O–H groups in total. The average Bonchev–Trinajstić information content (AvgIpc) is 3.43. The van der Waals surface area contributed by atoms with Gasteiger partial charge in [0.2, 0.25) is 5.91 Å². The number of rotatable bonds is 6. The zero-order valence-electron chi connectivity index (χ0n) is 19.0. The number of imidazole rings is 1. The van der Waals surface area contributed by atoms with Gasteiger partial charge in [-0.15, -0.1) is 0 Å². The van der Waals surface area contributed by atoms with Crippen LogP contribution in [0.1, 0.15) is 40.3 Å². The summed E-state index contributed by atoms with van der Waals surface area (Å²) in [5.41, 5.74) is 6.67. The van der Waals surface area contributed by atoms with Gasteiger partial charge >= 0.3 is 0 Å². The van der Waals surface area contributed by atoms with Gasteiger partial charge in [-0.3, -0.25) is 4.79 Å². The summed E-state index contributed by atoms with van der Waals surface area (Å²) in [5, 5.41) is 12.3. The third-order valence-electron chi connectivity index (χ3n) is 6.96. The Labute approximate surface area is 205 Å². The first-order valence-corrected chi connectivity index (χ1v) is 11.7. The molecule has 0 spiro atoms. The molecule has 0 fully saturated rings. The minimum absolute atomic E-state index is 0.0333. The number of amides is 1. The summed E-state index contributed by atoms with van der Waals surface area (Å²) >= 11 is 6.49. The molecule has 35 heavy (non-hydrogen) atoms. The molecule has 1 amide bonds. The van der Waals surface area contributed by atoms with Gasteiger partial charge in [0, 0.05) is 43.3 Å². The molecule has 0 bridgehead atoms. The van der Waals surface area contributed by atoms with E-state index in [-0.39, 0.29) is 47.4 Å². The molecule has 5 rings (SSSR count). The Morgan fingerprint density at radius 3 is 2.80 bits per heavy atom. The van der Waals surface area contributed by atoms with Crippen LogP contribution >= 0.6 is 11.6 Å². The van der Waals surface area contributed by atoms with Gasteiger partial charge in [0.15, 0.2) is 11.8 Å². The quantitative estimate of drug-likeness (QED) is 0.480. The molecule has 3 heterocycles. The van der Waals surface area contributed by atoms with E-state index in [1.54, 1.807) is 7.05 Å². The normalized spacial score (nSPS) is 25.1. The molecule has 1 aromatic heterocycles. The Bertz CT molecular complexity index is 1290. The number of carbonyl (C=O) groups is 1. The molecule has 7 nitrogen and oxygen atoms in total. The molecule has 0 saturated carbocycles. The molecular formula is C25H25ClF2N4O3. The topological polar surface area (TPSA) is 102 Å². The largest absolute Gasteiger partial charge is 0.480 e. The van der Waals surface area contributed by atoms with E-state index in [0.717, 1.165) is 5.56 Å². The number of primary amides is 1. The lowest BCUT2D eigenvalue weighted by atomic mass is 9.76. The second-order valence-electron chi connectivity index (χ2n) is 9.07. The number of carbonyl (C=O) groups excluding carboxylic acids is 1. The standard InChI is InChI=1S/C25H25ClF2N4O3/c1-30-12-25(13-5-3-2-4-6-13)8-15-18(35-25)7-17(27)21(26)19(15)20-16(23(29)34)10-32-9-14(11-33)31-24(32)22(20)28/h2-7,9,16,20,22,30,33H,8,10-12H2,1H3,(H2,29,34)/t16?,20?,22?,25-/m1/s1. The number of halogens is 3. The fraction of sp³-hybridized carbons (Fsp3) is 0.360. The van der Waals surface area contributed by atoms with E-state index in [0.29, 0.717) is 12.1 Å². The minimum atomic E-state index is -1.80. The van der Waals surface area contributed by atoms with Crippen LogP contribution in [0.3, 0.4) is 0 Å². The maximum atomic E-state index is 16.1. The van der Waals surface area contributed by atoms with Crippen LogP contribution in [0.5, 0.6) is 5.75 Å². The number of ether oxygens (including phenoxy) is 1.